The van der Waals surface area contributed by atoms with Crippen molar-refractivity contribution >= 4 is 5.91 Å². The smallest absolute Gasteiger partial charge is 0.240 e. The summed E-state index contributed by atoms with van der Waals surface area (Å²) in [6.07, 6.45) is -1.70. The molecule has 1 aliphatic rings. The third kappa shape index (κ3) is 6.62. The fourth-order valence-electron chi connectivity index (χ4n) is 5.06. The van der Waals surface area contributed by atoms with E-state index in [-0.39, 0.29) is 0 Å². The summed E-state index contributed by atoms with van der Waals surface area (Å²) in [5.74, 6) is -1.53. The number of alkyl halides is 2. The van der Waals surface area contributed by atoms with Gasteiger partial charge in [0.05, 0.1) is 12.2 Å². The van der Waals surface area contributed by atoms with Crippen molar-refractivity contribution in [1.82, 2.24) is 10.6 Å². The van der Waals surface area contributed by atoms with Gasteiger partial charge in [-0.05, 0) is 55.6 Å². The summed E-state index contributed by atoms with van der Waals surface area (Å²) in [4.78, 5) is 12.5. The number of nitrogens with one attached hydrogen (secondary N) is 2. The number of hydrogen-bond donors (Lipinski definition) is 4. The van der Waals surface area contributed by atoms with Crippen LogP contribution < -0.4 is 10.6 Å². The lowest BCUT2D eigenvalue weighted by atomic mass is 9.71. The predicted octanol–water partition coefficient (Wildman–Crippen LogP) is 4.03. The first-order valence-corrected chi connectivity index (χ1v) is 12.2. The molecule has 0 spiro atoms. The highest BCUT2D eigenvalue weighted by Gasteiger charge is 2.47. The molecule has 7 heteroatoms. The summed E-state index contributed by atoms with van der Waals surface area (Å²) in [5.41, 5.74) is 1.50. The minimum atomic E-state index is -1.53. The van der Waals surface area contributed by atoms with Crippen LogP contribution in [0.15, 0.2) is 60.7 Å². The highest BCUT2D eigenvalue weighted by atomic mass is 19.1. The Balaban J connectivity index is 1.76. The summed E-state index contributed by atoms with van der Waals surface area (Å²) >= 11 is 0. The maximum absolute atomic E-state index is 15.8. The van der Waals surface area contributed by atoms with Gasteiger partial charge in [-0.3, -0.25) is 10.1 Å². The molecule has 0 radical (unpaired) electrons. The van der Waals surface area contributed by atoms with Crippen molar-refractivity contribution in [2.24, 2.45) is 11.8 Å². The monoisotopic (exact) mass is 474 g/mol. The average molecular weight is 475 g/mol. The first-order valence-electron chi connectivity index (χ1n) is 12.2. The van der Waals surface area contributed by atoms with Crippen LogP contribution in [0.5, 0.6) is 0 Å². The molecule has 2 unspecified atom stereocenters. The molecule has 1 aliphatic heterocycles. The first kappa shape index (κ1) is 26.3. The molecule has 0 aliphatic carbocycles. The number of aliphatic hydroxyl groups is 2. The fourth-order valence-corrected chi connectivity index (χ4v) is 5.06. The molecule has 0 saturated carbocycles. The van der Waals surface area contributed by atoms with E-state index in [1.54, 1.807) is 6.92 Å². The number of aliphatic hydroxyl groups excluding tert-OH is 2. The van der Waals surface area contributed by atoms with E-state index in [1.807, 2.05) is 60.7 Å². The molecule has 186 valence electrons. The number of carbonyl (C=O) groups is 1. The summed E-state index contributed by atoms with van der Waals surface area (Å²) in [6.45, 7) is 1.36. The molecule has 0 bridgehead atoms. The van der Waals surface area contributed by atoms with E-state index in [1.165, 1.54) is 0 Å². The molecule has 7 atom stereocenters. The van der Waals surface area contributed by atoms with Crippen LogP contribution in [-0.2, 0) is 4.79 Å². The average Bonchev–Trinajstić information content (AvgIpc) is 2.87. The number of rotatable bonds is 11. The van der Waals surface area contributed by atoms with Crippen LogP contribution in [0, 0.1) is 11.8 Å². The maximum atomic E-state index is 15.8. The first-order chi connectivity index (χ1) is 16.5. The lowest BCUT2D eigenvalue weighted by Gasteiger charge is -2.44. The second-order valence-electron chi connectivity index (χ2n) is 9.08. The van der Waals surface area contributed by atoms with Crippen molar-refractivity contribution in [3.63, 3.8) is 0 Å². The molecule has 1 heterocycles. The SMILES string of the molecule is CCNC(=O)[C@H]1N[C@H](CF)[C@H](CCC(O)c2ccccc2)[C@H](CCC(O)c2ccccc2)[C@@H]1F. The minimum Gasteiger partial charge on any atom is -0.388 e. The second-order valence-corrected chi connectivity index (χ2v) is 9.08. The van der Waals surface area contributed by atoms with Gasteiger partial charge in [-0.15, -0.1) is 0 Å². The van der Waals surface area contributed by atoms with E-state index in [9.17, 15) is 19.4 Å². The van der Waals surface area contributed by atoms with Crippen LogP contribution >= 0.6 is 0 Å². The Morgan fingerprint density at radius 3 is 1.91 bits per heavy atom. The molecule has 1 saturated heterocycles. The quantitative estimate of drug-likeness (QED) is 0.396. The molecule has 0 aromatic heterocycles. The molecule has 1 amide bonds. The Morgan fingerprint density at radius 2 is 1.44 bits per heavy atom. The maximum Gasteiger partial charge on any atom is 0.240 e. The molecule has 2 aromatic carbocycles. The van der Waals surface area contributed by atoms with Crippen molar-refractivity contribution < 1.29 is 23.8 Å². The van der Waals surface area contributed by atoms with Crippen molar-refractivity contribution in [2.75, 3.05) is 13.2 Å². The Morgan fingerprint density at radius 1 is 0.941 bits per heavy atom. The minimum absolute atomic E-state index is 0.300. The van der Waals surface area contributed by atoms with Crippen LogP contribution in [0.25, 0.3) is 0 Å². The normalized spacial score (nSPS) is 26.6. The van der Waals surface area contributed by atoms with Crippen LogP contribution in [0.4, 0.5) is 8.78 Å². The van der Waals surface area contributed by atoms with Crippen molar-refractivity contribution in [2.45, 2.75) is 63.1 Å². The summed E-state index contributed by atoms with van der Waals surface area (Å²) in [5, 5.41) is 26.8. The van der Waals surface area contributed by atoms with E-state index in [0.29, 0.717) is 32.2 Å². The van der Waals surface area contributed by atoms with E-state index in [4.69, 9.17) is 0 Å². The van der Waals surface area contributed by atoms with Gasteiger partial charge in [-0.2, -0.15) is 0 Å². The molecule has 34 heavy (non-hydrogen) atoms. The molecular weight excluding hydrogens is 438 g/mol. The Bertz CT molecular complexity index is 871. The Labute approximate surface area is 200 Å². The lowest BCUT2D eigenvalue weighted by Crippen LogP contribution is -2.63. The lowest BCUT2D eigenvalue weighted by molar-refractivity contribution is -0.128. The van der Waals surface area contributed by atoms with E-state index >= 15 is 4.39 Å². The molecule has 3 rings (SSSR count). The van der Waals surface area contributed by atoms with Gasteiger partial charge in [0.25, 0.3) is 0 Å². The van der Waals surface area contributed by atoms with Gasteiger partial charge in [0.15, 0.2) is 0 Å². The number of halogens is 2. The Hall–Kier alpha value is -2.35. The zero-order valence-electron chi connectivity index (χ0n) is 19.6. The van der Waals surface area contributed by atoms with Crippen LogP contribution in [-0.4, -0.2) is 47.6 Å². The highest BCUT2D eigenvalue weighted by Crippen LogP contribution is 2.39. The highest BCUT2D eigenvalue weighted by molar-refractivity contribution is 5.82. The van der Waals surface area contributed by atoms with Crippen LogP contribution in [0.1, 0.15) is 55.9 Å². The molecule has 1 fully saturated rings. The number of piperidine rings is 1. The second kappa shape index (κ2) is 12.9. The third-order valence-electron chi connectivity index (χ3n) is 6.90. The van der Waals surface area contributed by atoms with Gasteiger partial charge in [0, 0.05) is 12.6 Å². The van der Waals surface area contributed by atoms with Gasteiger partial charge >= 0.3 is 0 Å². The summed E-state index contributed by atoms with van der Waals surface area (Å²) < 4.78 is 29.9. The van der Waals surface area contributed by atoms with Crippen LogP contribution in [0.2, 0.25) is 0 Å². The standard InChI is InChI=1S/C27H36F2N2O3/c1-2-30-27(34)26-25(29)21(14-16-24(33)19-11-7-4-8-12-19)20(22(17-28)31-26)13-15-23(32)18-9-5-3-6-10-18/h3-12,20-26,31-33H,2,13-17H2,1H3,(H,30,34)/t20-,21+,22-,23?,24?,25+,26+/m1/s1. The number of amides is 1. The number of likely N-dealkylation sites (N-methyl/N-ethyl adjacent to an activating group) is 1. The van der Waals surface area contributed by atoms with Crippen molar-refractivity contribution in [3.8, 4) is 0 Å². The fraction of sp³-hybridized carbons (Fsp3) is 0.519. The third-order valence-corrected chi connectivity index (χ3v) is 6.90. The van der Waals surface area contributed by atoms with Gasteiger partial charge in [-0.25, -0.2) is 8.78 Å². The van der Waals surface area contributed by atoms with Gasteiger partial charge < -0.3 is 15.5 Å². The van der Waals surface area contributed by atoms with Crippen molar-refractivity contribution in [3.05, 3.63) is 71.8 Å². The zero-order chi connectivity index (χ0) is 24.5. The molecule has 4 N–H and O–H groups in total. The Kier molecular flexibility index (Phi) is 9.99. The zero-order valence-corrected chi connectivity index (χ0v) is 19.6. The number of carbonyl (C=O) groups excluding carboxylic acids is 1. The number of benzene rings is 2. The topological polar surface area (TPSA) is 81.6 Å². The van der Waals surface area contributed by atoms with E-state index < -0.39 is 54.9 Å². The summed E-state index contributed by atoms with van der Waals surface area (Å²) in [6, 6.07) is 16.5. The van der Waals surface area contributed by atoms with Gasteiger partial charge in [0.2, 0.25) is 5.91 Å². The number of hydrogen-bond acceptors (Lipinski definition) is 4. The molecular formula is C27H36F2N2O3. The molecule has 2 aromatic rings. The van der Waals surface area contributed by atoms with Crippen LogP contribution in [0.3, 0.4) is 0 Å². The summed E-state index contributed by atoms with van der Waals surface area (Å²) in [7, 11) is 0. The van der Waals surface area contributed by atoms with Gasteiger partial charge in [-0.1, -0.05) is 60.7 Å². The molecule has 5 nitrogen and oxygen atoms in total. The van der Waals surface area contributed by atoms with E-state index in [0.717, 1.165) is 11.1 Å². The van der Waals surface area contributed by atoms with E-state index in [2.05, 4.69) is 10.6 Å². The predicted molar refractivity (Wildman–Crippen MR) is 129 cm³/mol. The van der Waals surface area contributed by atoms with Crippen molar-refractivity contribution in [1.29, 1.82) is 0 Å². The largest absolute Gasteiger partial charge is 0.388 e. The van der Waals surface area contributed by atoms with Gasteiger partial charge in [0.1, 0.15) is 18.9 Å².